The van der Waals surface area contributed by atoms with Crippen LogP contribution in [0.2, 0.25) is 0 Å². The van der Waals surface area contributed by atoms with Crippen molar-refractivity contribution in [2.45, 2.75) is 63.6 Å². The van der Waals surface area contributed by atoms with Crippen LogP contribution in [0.4, 0.5) is 0 Å². The molecule has 2 bridgehead atoms. The summed E-state index contributed by atoms with van der Waals surface area (Å²) in [5.74, 6) is 2.48. The summed E-state index contributed by atoms with van der Waals surface area (Å²) in [5.41, 5.74) is 1.20. The number of piperidine rings is 1. The van der Waals surface area contributed by atoms with Gasteiger partial charge in [0.05, 0.1) is 6.61 Å². The molecule has 1 aromatic rings. The van der Waals surface area contributed by atoms with Crippen LogP contribution in [0.25, 0.3) is 0 Å². The fourth-order valence-electron chi connectivity index (χ4n) is 3.70. The van der Waals surface area contributed by atoms with Gasteiger partial charge in [-0.15, -0.1) is 0 Å². The molecule has 1 saturated carbocycles. The number of aryl methyl sites for hydroxylation is 1. The molecule has 0 unspecified atom stereocenters. The van der Waals surface area contributed by atoms with E-state index in [-0.39, 0.29) is 18.2 Å². The highest BCUT2D eigenvalue weighted by Gasteiger charge is 2.41. The van der Waals surface area contributed by atoms with Gasteiger partial charge in [-0.3, -0.25) is 0 Å². The van der Waals surface area contributed by atoms with Crippen molar-refractivity contribution >= 4 is 0 Å². The van der Waals surface area contributed by atoms with Crippen LogP contribution in [0.15, 0.2) is 18.2 Å². The van der Waals surface area contributed by atoms with Crippen LogP contribution in [0.3, 0.4) is 0 Å². The summed E-state index contributed by atoms with van der Waals surface area (Å²) in [6.07, 6.45) is 6.75. The van der Waals surface area contributed by atoms with Gasteiger partial charge in [-0.25, -0.2) is 0 Å². The van der Waals surface area contributed by atoms with Gasteiger partial charge in [-0.2, -0.15) is 5.06 Å². The average Bonchev–Trinajstić information content (AvgIpc) is 3.29. The van der Waals surface area contributed by atoms with Gasteiger partial charge >= 0.3 is 0 Å². The SMILES string of the molecule is Cc1ccc(O[C@H]2C[C@H]3CC[C@@H](C2)N3O)c(OCC2CC2)c1. The Hall–Kier alpha value is -1.26. The highest BCUT2D eigenvalue weighted by Crippen LogP contribution is 2.38. The zero-order chi connectivity index (χ0) is 15.1. The first-order valence-electron chi connectivity index (χ1n) is 8.56. The maximum Gasteiger partial charge on any atom is 0.161 e. The Labute approximate surface area is 132 Å². The molecule has 2 aliphatic heterocycles. The van der Waals surface area contributed by atoms with E-state index in [1.807, 2.05) is 6.07 Å². The van der Waals surface area contributed by atoms with Crippen molar-refractivity contribution < 1.29 is 14.7 Å². The lowest BCUT2D eigenvalue weighted by atomic mass is 10.0. The van der Waals surface area contributed by atoms with E-state index in [4.69, 9.17) is 9.47 Å². The summed E-state index contributed by atoms with van der Waals surface area (Å²) < 4.78 is 12.2. The fraction of sp³-hybridized carbons (Fsp3) is 0.667. The quantitative estimate of drug-likeness (QED) is 0.903. The topological polar surface area (TPSA) is 41.9 Å². The third-order valence-corrected chi connectivity index (χ3v) is 5.22. The average molecular weight is 303 g/mol. The summed E-state index contributed by atoms with van der Waals surface area (Å²) >= 11 is 0. The van der Waals surface area contributed by atoms with Crippen molar-refractivity contribution in [1.29, 1.82) is 0 Å². The Morgan fingerprint density at radius 2 is 1.82 bits per heavy atom. The van der Waals surface area contributed by atoms with Crippen LogP contribution in [0.5, 0.6) is 11.5 Å². The fourth-order valence-corrected chi connectivity index (χ4v) is 3.70. The Bertz CT molecular complexity index is 529. The summed E-state index contributed by atoms with van der Waals surface area (Å²) in [6.45, 7) is 2.89. The molecule has 22 heavy (non-hydrogen) atoms. The Balaban J connectivity index is 1.45. The minimum absolute atomic E-state index is 0.187. The van der Waals surface area contributed by atoms with Gasteiger partial charge in [0.25, 0.3) is 0 Å². The van der Waals surface area contributed by atoms with E-state index in [1.165, 1.54) is 18.4 Å². The molecular formula is C18H25NO3. The van der Waals surface area contributed by atoms with E-state index >= 15 is 0 Å². The van der Waals surface area contributed by atoms with E-state index in [0.717, 1.165) is 49.7 Å². The zero-order valence-corrected chi connectivity index (χ0v) is 13.2. The molecular weight excluding hydrogens is 278 g/mol. The molecule has 4 heteroatoms. The normalized spacial score (nSPS) is 31.3. The third kappa shape index (κ3) is 2.95. The predicted octanol–water partition coefficient (Wildman–Crippen LogP) is 3.55. The number of nitrogens with zero attached hydrogens (tertiary/aromatic N) is 1. The second kappa shape index (κ2) is 5.74. The summed E-state index contributed by atoms with van der Waals surface area (Å²) in [6, 6.07) is 6.72. The standard InChI is InChI=1S/C18H25NO3/c1-12-2-7-17(18(8-12)21-11-13-3-4-13)22-16-9-14-5-6-15(10-16)19(14)20/h2,7-8,13-16,20H,3-6,9-11H2,1H3/t14-,15+,16+. The molecule has 0 radical (unpaired) electrons. The molecule has 0 aromatic heterocycles. The Morgan fingerprint density at radius 1 is 1.09 bits per heavy atom. The van der Waals surface area contributed by atoms with E-state index in [1.54, 1.807) is 5.06 Å². The van der Waals surface area contributed by atoms with Crippen LogP contribution in [0, 0.1) is 12.8 Å². The molecule has 0 spiro atoms. The molecule has 3 atom stereocenters. The lowest BCUT2D eigenvalue weighted by molar-refractivity contribution is -0.164. The van der Waals surface area contributed by atoms with Gasteiger partial charge in [0.15, 0.2) is 11.5 Å². The predicted molar refractivity (Wildman–Crippen MR) is 83.5 cm³/mol. The van der Waals surface area contributed by atoms with E-state index in [9.17, 15) is 5.21 Å². The van der Waals surface area contributed by atoms with Crippen molar-refractivity contribution in [2.24, 2.45) is 5.92 Å². The van der Waals surface area contributed by atoms with Crippen molar-refractivity contribution in [1.82, 2.24) is 5.06 Å². The second-order valence-corrected chi connectivity index (χ2v) is 7.18. The molecule has 1 aliphatic carbocycles. The van der Waals surface area contributed by atoms with Crippen molar-refractivity contribution in [2.75, 3.05) is 6.61 Å². The van der Waals surface area contributed by atoms with Gasteiger partial charge in [0, 0.05) is 24.9 Å². The zero-order valence-electron chi connectivity index (χ0n) is 13.2. The maximum atomic E-state index is 9.99. The van der Waals surface area contributed by atoms with Crippen molar-refractivity contribution in [3.8, 4) is 11.5 Å². The summed E-state index contributed by atoms with van der Waals surface area (Å²) in [4.78, 5) is 0. The molecule has 120 valence electrons. The third-order valence-electron chi connectivity index (χ3n) is 5.22. The molecule has 2 heterocycles. The minimum Gasteiger partial charge on any atom is -0.489 e. The Kier molecular flexibility index (Phi) is 3.74. The molecule has 1 aromatic carbocycles. The molecule has 1 N–H and O–H groups in total. The number of ether oxygens (including phenoxy) is 2. The number of hydrogen-bond donors (Lipinski definition) is 1. The smallest absolute Gasteiger partial charge is 0.161 e. The molecule has 3 aliphatic rings. The first-order chi connectivity index (χ1) is 10.7. The maximum absolute atomic E-state index is 9.99. The number of hydrogen-bond acceptors (Lipinski definition) is 4. The van der Waals surface area contributed by atoms with Gasteiger partial charge in [0.1, 0.15) is 6.10 Å². The summed E-state index contributed by atoms with van der Waals surface area (Å²) in [7, 11) is 0. The largest absolute Gasteiger partial charge is 0.489 e. The lowest BCUT2D eigenvalue weighted by Gasteiger charge is -2.34. The van der Waals surface area contributed by atoms with Crippen LogP contribution >= 0.6 is 0 Å². The van der Waals surface area contributed by atoms with E-state index < -0.39 is 0 Å². The molecule has 4 rings (SSSR count). The number of fused-ring (bicyclic) bond motifs is 2. The second-order valence-electron chi connectivity index (χ2n) is 7.18. The highest BCUT2D eigenvalue weighted by atomic mass is 16.5. The molecule has 2 saturated heterocycles. The lowest BCUT2D eigenvalue weighted by Crippen LogP contribution is -2.44. The van der Waals surface area contributed by atoms with Gasteiger partial charge < -0.3 is 14.7 Å². The van der Waals surface area contributed by atoms with E-state index in [2.05, 4.69) is 19.1 Å². The monoisotopic (exact) mass is 303 g/mol. The molecule has 3 fully saturated rings. The van der Waals surface area contributed by atoms with Crippen LogP contribution in [-0.4, -0.2) is 35.1 Å². The minimum atomic E-state index is 0.187. The first kappa shape index (κ1) is 14.3. The summed E-state index contributed by atoms with van der Waals surface area (Å²) in [5, 5.41) is 11.5. The molecule has 0 amide bonds. The van der Waals surface area contributed by atoms with Gasteiger partial charge in [-0.05, 0) is 56.2 Å². The van der Waals surface area contributed by atoms with Crippen LogP contribution in [0.1, 0.15) is 44.1 Å². The van der Waals surface area contributed by atoms with E-state index in [0.29, 0.717) is 0 Å². The van der Waals surface area contributed by atoms with Crippen LogP contribution in [-0.2, 0) is 0 Å². The van der Waals surface area contributed by atoms with Crippen molar-refractivity contribution in [3.63, 3.8) is 0 Å². The van der Waals surface area contributed by atoms with Gasteiger partial charge in [-0.1, -0.05) is 6.07 Å². The highest BCUT2D eigenvalue weighted by molar-refractivity contribution is 5.42. The van der Waals surface area contributed by atoms with Crippen LogP contribution < -0.4 is 9.47 Å². The first-order valence-corrected chi connectivity index (χ1v) is 8.56. The van der Waals surface area contributed by atoms with Gasteiger partial charge in [0.2, 0.25) is 0 Å². The molecule has 4 nitrogen and oxygen atoms in total. The van der Waals surface area contributed by atoms with Crippen molar-refractivity contribution in [3.05, 3.63) is 23.8 Å². The number of rotatable bonds is 5. The number of hydroxylamine groups is 2. The Morgan fingerprint density at radius 3 is 2.50 bits per heavy atom. The number of benzene rings is 1.